The molecule has 22 heavy (non-hydrogen) atoms. The number of aryl methyl sites for hydroxylation is 1. The highest BCUT2D eigenvalue weighted by Crippen LogP contribution is 2.23. The fourth-order valence-corrected chi connectivity index (χ4v) is 3.08. The minimum Gasteiger partial charge on any atom is -0.460 e. The largest absolute Gasteiger partial charge is 0.460 e. The number of hydrogen-bond donors (Lipinski definition) is 2. The molecule has 1 atom stereocenters. The molecule has 3 N–H and O–H groups in total. The summed E-state index contributed by atoms with van der Waals surface area (Å²) in [6.45, 7) is 2.66. The van der Waals surface area contributed by atoms with Crippen molar-refractivity contribution in [2.24, 2.45) is 5.73 Å². The second-order valence-corrected chi connectivity index (χ2v) is 5.60. The van der Waals surface area contributed by atoms with Gasteiger partial charge in [0.2, 0.25) is 0 Å². The number of H-pyrrole nitrogens is 1. The molecule has 116 valence electrons. The Morgan fingerprint density at radius 3 is 2.95 bits per heavy atom. The molecular formula is C16H19N3O3. The molecule has 0 radical (unpaired) electrons. The lowest BCUT2D eigenvalue weighted by molar-refractivity contribution is 0.0423. The molecule has 6 nitrogen and oxygen atoms in total. The van der Waals surface area contributed by atoms with E-state index < -0.39 is 6.03 Å². The van der Waals surface area contributed by atoms with Crippen LogP contribution >= 0.6 is 0 Å². The Bertz CT molecular complexity index is 722. The van der Waals surface area contributed by atoms with Crippen molar-refractivity contribution < 1.29 is 14.3 Å². The van der Waals surface area contributed by atoms with Crippen molar-refractivity contribution in [3.05, 3.63) is 35.5 Å². The normalized spacial score (nSPS) is 17.9. The second kappa shape index (κ2) is 5.71. The number of amides is 2. The number of carbonyl (C=O) groups is 2. The predicted octanol–water partition coefficient (Wildman–Crippen LogP) is 2.18. The maximum atomic E-state index is 12.4. The number of nitrogens with two attached hydrogens (primary N) is 1. The predicted molar refractivity (Wildman–Crippen MR) is 82.6 cm³/mol. The number of aromatic nitrogens is 1. The quantitative estimate of drug-likeness (QED) is 0.852. The summed E-state index contributed by atoms with van der Waals surface area (Å²) in [5.41, 5.74) is 7.57. The lowest BCUT2D eigenvalue weighted by atomic mass is 10.1. The third-order valence-electron chi connectivity index (χ3n) is 4.16. The first-order valence-electron chi connectivity index (χ1n) is 7.38. The van der Waals surface area contributed by atoms with Gasteiger partial charge in [-0.15, -0.1) is 0 Å². The van der Waals surface area contributed by atoms with Gasteiger partial charge >= 0.3 is 12.0 Å². The lowest BCUT2D eigenvalue weighted by Crippen LogP contribution is -2.42. The molecule has 1 saturated heterocycles. The fraction of sp³-hybridized carbons (Fsp3) is 0.375. The maximum absolute atomic E-state index is 12.4. The number of para-hydroxylation sites is 1. The highest BCUT2D eigenvalue weighted by molar-refractivity contribution is 6.05. The van der Waals surface area contributed by atoms with Crippen LogP contribution in [0.15, 0.2) is 24.3 Å². The molecule has 0 aliphatic carbocycles. The van der Waals surface area contributed by atoms with Gasteiger partial charge in [0.25, 0.3) is 0 Å². The molecule has 2 amide bonds. The van der Waals surface area contributed by atoms with Crippen LogP contribution < -0.4 is 5.73 Å². The first-order chi connectivity index (χ1) is 10.6. The van der Waals surface area contributed by atoms with Crippen molar-refractivity contribution in [3.8, 4) is 0 Å². The number of benzene rings is 1. The Labute approximate surface area is 128 Å². The molecule has 0 spiro atoms. The van der Waals surface area contributed by atoms with Gasteiger partial charge in [0.05, 0.1) is 11.6 Å². The molecule has 1 aliphatic rings. The van der Waals surface area contributed by atoms with E-state index in [1.165, 1.54) is 0 Å². The first-order valence-corrected chi connectivity index (χ1v) is 7.38. The van der Waals surface area contributed by atoms with Crippen LogP contribution in [0.3, 0.4) is 0 Å². The van der Waals surface area contributed by atoms with Crippen LogP contribution in [0.4, 0.5) is 4.79 Å². The summed E-state index contributed by atoms with van der Waals surface area (Å²) in [5.74, 6) is -0.369. The average Bonchev–Trinajstić information content (AvgIpc) is 3.07. The van der Waals surface area contributed by atoms with Gasteiger partial charge in [-0.3, -0.25) is 0 Å². The minimum absolute atomic E-state index is 0.119. The second-order valence-electron chi connectivity index (χ2n) is 5.60. The Balaban J connectivity index is 1.74. The molecule has 1 fully saturated rings. The van der Waals surface area contributed by atoms with Gasteiger partial charge in [-0.1, -0.05) is 18.2 Å². The van der Waals surface area contributed by atoms with Crippen molar-refractivity contribution in [2.75, 3.05) is 13.2 Å². The molecule has 0 bridgehead atoms. The number of nitrogens with one attached hydrogen (secondary N) is 1. The van der Waals surface area contributed by atoms with E-state index in [0.717, 1.165) is 29.4 Å². The number of urea groups is 1. The Kier molecular flexibility index (Phi) is 3.75. The molecule has 2 heterocycles. The molecule has 0 unspecified atom stereocenters. The van der Waals surface area contributed by atoms with Gasteiger partial charge in [-0.05, 0) is 25.8 Å². The Morgan fingerprint density at radius 1 is 1.41 bits per heavy atom. The van der Waals surface area contributed by atoms with Gasteiger partial charge in [0.1, 0.15) is 6.61 Å². The average molecular weight is 301 g/mol. The van der Waals surface area contributed by atoms with Crippen molar-refractivity contribution >= 4 is 22.9 Å². The summed E-state index contributed by atoms with van der Waals surface area (Å²) in [5, 5.41) is 0.850. The van der Waals surface area contributed by atoms with Crippen LogP contribution in [0, 0.1) is 6.92 Å². The zero-order valence-electron chi connectivity index (χ0n) is 12.5. The van der Waals surface area contributed by atoms with Crippen molar-refractivity contribution in [1.82, 2.24) is 9.88 Å². The molecule has 3 rings (SSSR count). The van der Waals surface area contributed by atoms with E-state index in [0.29, 0.717) is 12.1 Å². The monoisotopic (exact) mass is 301 g/mol. The maximum Gasteiger partial charge on any atom is 0.340 e. The van der Waals surface area contributed by atoms with E-state index in [1.807, 2.05) is 31.2 Å². The van der Waals surface area contributed by atoms with E-state index in [-0.39, 0.29) is 18.6 Å². The Morgan fingerprint density at radius 2 is 2.18 bits per heavy atom. The van der Waals surface area contributed by atoms with Gasteiger partial charge in [-0.2, -0.15) is 0 Å². The summed E-state index contributed by atoms with van der Waals surface area (Å²) in [7, 11) is 0. The van der Waals surface area contributed by atoms with Crippen LogP contribution in [-0.2, 0) is 4.74 Å². The third kappa shape index (κ3) is 2.52. The first kappa shape index (κ1) is 14.4. The zero-order valence-corrected chi connectivity index (χ0v) is 12.5. The number of fused-ring (bicyclic) bond motifs is 1. The number of ether oxygens (including phenoxy) is 1. The number of rotatable bonds is 3. The van der Waals surface area contributed by atoms with Gasteiger partial charge in [-0.25, -0.2) is 9.59 Å². The van der Waals surface area contributed by atoms with Crippen molar-refractivity contribution in [3.63, 3.8) is 0 Å². The molecule has 0 saturated carbocycles. The van der Waals surface area contributed by atoms with Gasteiger partial charge in [0, 0.05) is 23.1 Å². The number of nitrogens with zero attached hydrogens (tertiary/aromatic N) is 1. The SMILES string of the molecule is Cc1[nH]c2ccccc2c1C(=O)OC[C@@H]1CCCN1C(N)=O. The molecule has 2 aromatic rings. The summed E-state index contributed by atoms with van der Waals surface area (Å²) >= 11 is 0. The number of carbonyl (C=O) groups excluding carboxylic acids is 2. The van der Waals surface area contributed by atoms with E-state index >= 15 is 0 Å². The van der Waals surface area contributed by atoms with Crippen molar-refractivity contribution in [1.29, 1.82) is 0 Å². The van der Waals surface area contributed by atoms with E-state index in [1.54, 1.807) is 4.90 Å². The number of primary amides is 1. The van der Waals surface area contributed by atoms with Crippen LogP contribution in [-0.4, -0.2) is 41.1 Å². The van der Waals surface area contributed by atoms with Gasteiger partial charge < -0.3 is 20.4 Å². The molecule has 1 aromatic heterocycles. The summed E-state index contributed by atoms with van der Waals surface area (Å²) < 4.78 is 5.43. The highest BCUT2D eigenvalue weighted by Gasteiger charge is 2.29. The third-order valence-corrected chi connectivity index (χ3v) is 4.16. The number of likely N-dealkylation sites (tertiary alicyclic amines) is 1. The molecular weight excluding hydrogens is 282 g/mol. The van der Waals surface area contributed by atoms with Crippen LogP contribution in [0.2, 0.25) is 0 Å². The molecule has 6 heteroatoms. The molecule has 1 aliphatic heterocycles. The Hall–Kier alpha value is -2.50. The van der Waals surface area contributed by atoms with Crippen LogP contribution in [0.5, 0.6) is 0 Å². The minimum atomic E-state index is -0.457. The van der Waals surface area contributed by atoms with Gasteiger partial charge in [0.15, 0.2) is 0 Å². The van der Waals surface area contributed by atoms with Crippen LogP contribution in [0.25, 0.3) is 10.9 Å². The standard InChI is InChI=1S/C16H19N3O3/c1-10-14(12-6-2-3-7-13(12)18-10)15(20)22-9-11-5-4-8-19(11)16(17)21/h2-3,6-7,11,18H,4-5,8-9H2,1H3,(H2,17,21)/t11-/m0/s1. The fourth-order valence-electron chi connectivity index (χ4n) is 3.08. The van der Waals surface area contributed by atoms with Crippen molar-refractivity contribution in [2.45, 2.75) is 25.8 Å². The number of aromatic amines is 1. The number of hydrogen-bond acceptors (Lipinski definition) is 3. The van der Waals surface area contributed by atoms with Crippen LogP contribution in [0.1, 0.15) is 28.9 Å². The van der Waals surface area contributed by atoms with E-state index in [2.05, 4.69) is 4.98 Å². The highest BCUT2D eigenvalue weighted by atomic mass is 16.5. The number of esters is 1. The summed E-state index contributed by atoms with van der Waals surface area (Å²) in [6.07, 6.45) is 1.69. The summed E-state index contributed by atoms with van der Waals surface area (Å²) in [6, 6.07) is 7.04. The smallest absolute Gasteiger partial charge is 0.340 e. The zero-order chi connectivity index (χ0) is 15.7. The topological polar surface area (TPSA) is 88.4 Å². The summed E-state index contributed by atoms with van der Waals surface area (Å²) in [4.78, 5) is 28.5. The molecule has 1 aromatic carbocycles. The van der Waals surface area contributed by atoms with E-state index in [9.17, 15) is 9.59 Å². The lowest BCUT2D eigenvalue weighted by Gasteiger charge is -2.22. The van der Waals surface area contributed by atoms with E-state index in [4.69, 9.17) is 10.5 Å².